The molecule has 0 bridgehead atoms. The Labute approximate surface area is 124 Å². The van der Waals surface area contributed by atoms with Gasteiger partial charge in [0.05, 0.1) is 5.02 Å². The normalized spacial score (nSPS) is 19.1. The van der Waals surface area contributed by atoms with Crippen LogP contribution in [0.3, 0.4) is 0 Å². The third kappa shape index (κ3) is 3.13. The number of hydrogen-bond donors (Lipinski definition) is 1. The number of hydrogen-bond acceptors (Lipinski definition) is 2. The Kier molecular flexibility index (Phi) is 4.67. The van der Waals surface area contributed by atoms with E-state index in [9.17, 15) is 8.78 Å². The SMILES string of the molecule is CC(C)(C)[C@H](c1c(F)ccc(Cl)c1F)N1CCNCC1. The minimum atomic E-state index is -0.634. The molecular formula is C15H21ClF2N2. The maximum absolute atomic E-state index is 14.4. The van der Waals surface area contributed by atoms with Crippen LogP contribution in [0.5, 0.6) is 0 Å². The second kappa shape index (κ2) is 5.96. The molecule has 1 aliphatic heterocycles. The lowest BCUT2D eigenvalue weighted by Crippen LogP contribution is -2.48. The molecule has 1 N–H and O–H groups in total. The maximum atomic E-state index is 14.4. The average molecular weight is 303 g/mol. The average Bonchev–Trinajstić information content (AvgIpc) is 2.39. The van der Waals surface area contributed by atoms with E-state index in [1.165, 1.54) is 12.1 Å². The molecule has 2 nitrogen and oxygen atoms in total. The monoisotopic (exact) mass is 302 g/mol. The van der Waals surface area contributed by atoms with Crippen molar-refractivity contribution in [3.63, 3.8) is 0 Å². The molecule has 1 aliphatic rings. The summed E-state index contributed by atoms with van der Waals surface area (Å²) in [5, 5.41) is 3.24. The zero-order valence-electron chi connectivity index (χ0n) is 12.1. The topological polar surface area (TPSA) is 15.3 Å². The summed E-state index contributed by atoms with van der Waals surface area (Å²) < 4.78 is 28.6. The minimum absolute atomic E-state index is 0.0224. The van der Waals surface area contributed by atoms with Gasteiger partial charge in [0.2, 0.25) is 0 Å². The molecule has 0 aliphatic carbocycles. The molecule has 1 aromatic rings. The summed E-state index contributed by atoms with van der Waals surface area (Å²) in [7, 11) is 0. The van der Waals surface area contributed by atoms with Crippen molar-refractivity contribution < 1.29 is 8.78 Å². The van der Waals surface area contributed by atoms with Crippen LogP contribution in [0, 0.1) is 17.0 Å². The van der Waals surface area contributed by atoms with E-state index in [2.05, 4.69) is 10.2 Å². The fourth-order valence-corrected chi connectivity index (χ4v) is 3.06. The molecule has 0 unspecified atom stereocenters. The first-order valence-electron chi connectivity index (χ1n) is 6.90. The van der Waals surface area contributed by atoms with Crippen LogP contribution in [-0.2, 0) is 0 Å². The zero-order valence-corrected chi connectivity index (χ0v) is 12.9. The van der Waals surface area contributed by atoms with Crippen molar-refractivity contribution in [2.24, 2.45) is 5.41 Å². The minimum Gasteiger partial charge on any atom is -0.314 e. The van der Waals surface area contributed by atoms with Gasteiger partial charge in [-0.1, -0.05) is 32.4 Å². The van der Waals surface area contributed by atoms with E-state index in [1.54, 1.807) is 0 Å². The summed E-state index contributed by atoms with van der Waals surface area (Å²) in [6.45, 7) is 9.20. The van der Waals surface area contributed by atoms with Gasteiger partial charge in [-0.25, -0.2) is 8.78 Å². The summed E-state index contributed by atoms with van der Waals surface area (Å²) in [4.78, 5) is 2.13. The van der Waals surface area contributed by atoms with E-state index >= 15 is 0 Å². The van der Waals surface area contributed by atoms with E-state index in [1.807, 2.05) is 20.8 Å². The van der Waals surface area contributed by atoms with Crippen LogP contribution in [0.15, 0.2) is 12.1 Å². The lowest BCUT2D eigenvalue weighted by Gasteiger charge is -2.42. The van der Waals surface area contributed by atoms with Crippen molar-refractivity contribution in [1.29, 1.82) is 0 Å². The molecule has 2 rings (SSSR count). The van der Waals surface area contributed by atoms with Gasteiger partial charge in [0.15, 0.2) is 0 Å². The van der Waals surface area contributed by atoms with Gasteiger partial charge in [-0.15, -0.1) is 0 Å². The Morgan fingerprint density at radius 1 is 1.20 bits per heavy atom. The highest BCUT2D eigenvalue weighted by molar-refractivity contribution is 6.30. The third-order valence-electron chi connectivity index (χ3n) is 3.69. The first-order valence-corrected chi connectivity index (χ1v) is 7.28. The van der Waals surface area contributed by atoms with Crippen molar-refractivity contribution in [2.75, 3.05) is 26.2 Å². The number of nitrogens with zero attached hydrogens (tertiary/aromatic N) is 1. The summed E-state index contributed by atoms with van der Waals surface area (Å²) in [6, 6.07) is 2.19. The first kappa shape index (κ1) is 15.7. The molecule has 0 radical (unpaired) electrons. The number of halogens is 3. The first-order chi connectivity index (χ1) is 9.32. The smallest absolute Gasteiger partial charge is 0.149 e. The Bertz CT molecular complexity index is 479. The molecule has 1 heterocycles. The van der Waals surface area contributed by atoms with Gasteiger partial charge < -0.3 is 5.32 Å². The molecule has 20 heavy (non-hydrogen) atoms. The molecule has 5 heteroatoms. The molecular weight excluding hydrogens is 282 g/mol. The molecule has 1 saturated heterocycles. The van der Waals surface area contributed by atoms with Gasteiger partial charge in [0, 0.05) is 37.8 Å². The second-order valence-electron chi connectivity index (χ2n) is 6.31. The lowest BCUT2D eigenvalue weighted by molar-refractivity contribution is 0.0804. The number of rotatable bonds is 2. The van der Waals surface area contributed by atoms with E-state index in [-0.39, 0.29) is 22.0 Å². The molecule has 0 aromatic heterocycles. The van der Waals surface area contributed by atoms with Gasteiger partial charge in [0.25, 0.3) is 0 Å². The maximum Gasteiger partial charge on any atom is 0.149 e. The molecule has 0 spiro atoms. The van der Waals surface area contributed by atoms with Crippen LogP contribution < -0.4 is 5.32 Å². The van der Waals surface area contributed by atoms with E-state index in [0.717, 1.165) is 26.2 Å². The van der Waals surface area contributed by atoms with Crippen LogP contribution in [-0.4, -0.2) is 31.1 Å². The van der Waals surface area contributed by atoms with Crippen molar-refractivity contribution in [2.45, 2.75) is 26.8 Å². The Balaban J connectivity index is 2.49. The summed E-state index contributed by atoms with van der Waals surface area (Å²) >= 11 is 5.85. The molecule has 1 fully saturated rings. The van der Waals surface area contributed by atoms with Gasteiger partial charge in [-0.05, 0) is 17.5 Å². The van der Waals surface area contributed by atoms with Crippen molar-refractivity contribution >= 4 is 11.6 Å². The molecule has 0 amide bonds. The summed E-state index contributed by atoms with van der Waals surface area (Å²) in [5.74, 6) is -1.16. The van der Waals surface area contributed by atoms with Crippen LogP contribution >= 0.6 is 11.6 Å². The Morgan fingerprint density at radius 2 is 1.80 bits per heavy atom. The van der Waals surface area contributed by atoms with Crippen LogP contribution in [0.1, 0.15) is 32.4 Å². The van der Waals surface area contributed by atoms with Gasteiger partial charge in [-0.2, -0.15) is 0 Å². The summed E-state index contributed by atoms with van der Waals surface area (Å²) in [5.41, 5.74) is -0.198. The lowest BCUT2D eigenvalue weighted by atomic mass is 9.80. The molecule has 1 atom stereocenters. The number of piperazine rings is 1. The van der Waals surface area contributed by atoms with Gasteiger partial charge in [-0.3, -0.25) is 4.90 Å². The fourth-order valence-electron chi connectivity index (χ4n) is 2.90. The summed E-state index contributed by atoms with van der Waals surface area (Å²) in [6.07, 6.45) is 0. The standard InChI is InChI=1S/C15H21ClF2N2/c1-15(2,3)14(20-8-6-19-7-9-20)12-11(17)5-4-10(16)13(12)18/h4-5,14,19H,6-9H2,1-3H3/t14-/m0/s1. The second-order valence-corrected chi connectivity index (χ2v) is 6.72. The van der Waals surface area contributed by atoms with Gasteiger partial charge in [0.1, 0.15) is 11.6 Å². The Hall–Kier alpha value is -0.710. The van der Waals surface area contributed by atoms with Crippen LogP contribution in [0.25, 0.3) is 0 Å². The van der Waals surface area contributed by atoms with E-state index in [0.29, 0.717) is 0 Å². The Morgan fingerprint density at radius 3 is 2.35 bits per heavy atom. The van der Waals surface area contributed by atoms with Gasteiger partial charge >= 0.3 is 0 Å². The highest BCUT2D eigenvalue weighted by Crippen LogP contribution is 2.41. The predicted molar refractivity (Wildman–Crippen MR) is 78.0 cm³/mol. The van der Waals surface area contributed by atoms with Crippen LogP contribution in [0.2, 0.25) is 5.02 Å². The fraction of sp³-hybridized carbons (Fsp3) is 0.600. The predicted octanol–water partition coefficient (Wildman–Crippen LogP) is 3.61. The molecule has 0 saturated carbocycles. The van der Waals surface area contributed by atoms with E-state index < -0.39 is 11.6 Å². The highest BCUT2D eigenvalue weighted by atomic mass is 35.5. The number of nitrogens with one attached hydrogen (secondary N) is 1. The van der Waals surface area contributed by atoms with Crippen LogP contribution in [0.4, 0.5) is 8.78 Å². The van der Waals surface area contributed by atoms with E-state index in [4.69, 9.17) is 11.6 Å². The van der Waals surface area contributed by atoms with Crippen molar-refractivity contribution in [3.05, 3.63) is 34.4 Å². The largest absolute Gasteiger partial charge is 0.314 e. The molecule has 1 aromatic carbocycles. The number of benzene rings is 1. The highest BCUT2D eigenvalue weighted by Gasteiger charge is 2.36. The quantitative estimate of drug-likeness (QED) is 0.840. The van der Waals surface area contributed by atoms with Crippen molar-refractivity contribution in [3.8, 4) is 0 Å². The van der Waals surface area contributed by atoms with Crippen molar-refractivity contribution in [1.82, 2.24) is 10.2 Å². The third-order valence-corrected chi connectivity index (χ3v) is 3.98. The zero-order chi connectivity index (χ0) is 14.9. The molecule has 112 valence electrons.